The van der Waals surface area contributed by atoms with Crippen molar-refractivity contribution in [1.29, 1.82) is 0 Å². The summed E-state index contributed by atoms with van der Waals surface area (Å²) in [4.78, 5) is 26.7. The van der Waals surface area contributed by atoms with Gasteiger partial charge in [0.1, 0.15) is 0 Å². The fourth-order valence-electron chi connectivity index (χ4n) is 3.99. The molecule has 136 valence electrons. The van der Waals surface area contributed by atoms with Crippen molar-refractivity contribution in [2.24, 2.45) is 5.92 Å². The molecule has 1 aliphatic heterocycles. The molecule has 1 aliphatic carbocycles. The smallest absolute Gasteiger partial charge is 0.225 e. The molecule has 3 rings (SSSR count). The van der Waals surface area contributed by atoms with Crippen LogP contribution in [0.1, 0.15) is 56.1 Å². The molecule has 25 heavy (non-hydrogen) atoms. The Balaban J connectivity index is 1.37. The largest absolute Gasteiger partial charge is 0.353 e. The molecule has 4 heteroatoms. The van der Waals surface area contributed by atoms with Gasteiger partial charge in [-0.25, -0.2) is 0 Å². The van der Waals surface area contributed by atoms with Gasteiger partial charge in [0.25, 0.3) is 0 Å². The van der Waals surface area contributed by atoms with Crippen LogP contribution in [-0.2, 0) is 16.0 Å². The molecule has 0 atom stereocenters. The molecular weight excluding hydrogens is 312 g/mol. The highest BCUT2D eigenvalue weighted by molar-refractivity contribution is 5.79. The van der Waals surface area contributed by atoms with E-state index in [0.29, 0.717) is 12.3 Å². The van der Waals surface area contributed by atoms with Crippen LogP contribution in [-0.4, -0.2) is 35.8 Å². The third kappa shape index (κ3) is 5.07. The maximum Gasteiger partial charge on any atom is 0.225 e. The molecule has 0 spiro atoms. The summed E-state index contributed by atoms with van der Waals surface area (Å²) in [6.07, 6.45) is 7.61. The van der Waals surface area contributed by atoms with Crippen molar-refractivity contribution in [2.75, 3.05) is 13.1 Å². The van der Waals surface area contributed by atoms with Gasteiger partial charge in [0.2, 0.25) is 11.8 Å². The Morgan fingerprint density at radius 3 is 2.32 bits per heavy atom. The molecule has 0 aromatic heterocycles. The van der Waals surface area contributed by atoms with Crippen molar-refractivity contribution in [3.63, 3.8) is 0 Å². The Morgan fingerprint density at radius 2 is 1.68 bits per heavy atom. The molecular formula is C21H30N2O2. The second kappa shape index (κ2) is 8.50. The van der Waals surface area contributed by atoms with Crippen LogP contribution in [0.2, 0.25) is 0 Å². The zero-order valence-corrected chi connectivity index (χ0v) is 15.3. The van der Waals surface area contributed by atoms with Crippen molar-refractivity contribution in [3.05, 3.63) is 35.4 Å². The molecule has 1 aromatic rings. The third-order valence-electron chi connectivity index (χ3n) is 5.64. The summed E-state index contributed by atoms with van der Waals surface area (Å²) in [5.74, 6) is 0.739. The molecule has 1 aromatic carbocycles. The van der Waals surface area contributed by atoms with Gasteiger partial charge in [-0.2, -0.15) is 0 Å². The Kier molecular flexibility index (Phi) is 6.11. The monoisotopic (exact) mass is 342 g/mol. The van der Waals surface area contributed by atoms with E-state index in [-0.39, 0.29) is 17.9 Å². The number of rotatable bonds is 5. The van der Waals surface area contributed by atoms with E-state index in [0.717, 1.165) is 45.2 Å². The molecule has 1 saturated heterocycles. The molecule has 1 N–H and O–H groups in total. The first-order valence-corrected chi connectivity index (χ1v) is 9.75. The fraction of sp³-hybridized carbons (Fsp3) is 0.619. The minimum absolute atomic E-state index is 0.126. The number of carbonyl (C=O) groups is 2. The van der Waals surface area contributed by atoms with Crippen molar-refractivity contribution in [2.45, 2.75) is 64.3 Å². The number of likely N-dealkylation sites (tertiary alicyclic amines) is 1. The molecule has 1 heterocycles. The number of nitrogens with zero attached hydrogens (tertiary/aromatic N) is 1. The summed E-state index contributed by atoms with van der Waals surface area (Å²) in [6, 6.07) is 8.58. The number of benzene rings is 1. The average molecular weight is 342 g/mol. The standard InChI is InChI=1S/C21H30N2O2/c1-16-6-8-17(9-7-16)10-11-20(24)22-19-12-14-23(15-13-19)21(25)18-4-2-3-5-18/h6-9,18-19H,2-5,10-15H2,1H3,(H,22,24). The highest BCUT2D eigenvalue weighted by Gasteiger charge is 2.30. The molecule has 4 nitrogen and oxygen atoms in total. The van der Waals surface area contributed by atoms with E-state index in [9.17, 15) is 9.59 Å². The second-order valence-corrected chi connectivity index (χ2v) is 7.63. The normalized spacial score (nSPS) is 19.2. The van der Waals surface area contributed by atoms with Crippen molar-refractivity contribution in [3.8, 4) is 0 Å². The van der Waals surface area contributed by atoms with Crippen LogP contribution in [0.3, 0.4) is 0 Å². The average Bonchev–Trinajstić information content (AvgIpc) is 3.16. The summed E-state index contributed by atoms with van der Waals surface area (Å²) in [5.41, 5.74) is 2.45. The summed E-state index contributed by atoms with van der Waals surface area (Å²) in [5, 5.41) is 3.15. The molecule has 2 aliphatic rings. The Bertz CT molecular complexity index is 582. The van der Waals surface area contributed by atoms with Crippen LogP contribution in [0.4, 0.5) is 0 Å². The lowest BCUT2D eigenvalue weighted by molar-refractivity contribution is -0.136. The number of hydrogen-bond acceptors (Lipinski definition) is 2. The fourth-order valence-corrected chi connectivity index (χ4v) is 3.99. The first-order chi connectivity index (χ1) is 12.1. The van der Waals surface area contributed by atoms with Crippen LogP contribution in [0.25, 0.3) is 0 Å². The topological polar surface area (TPSA) is 49.4 Å². The number of piperidine rings is 1. The van der Waals surface area contributed by atoms with Crippen molar-refractivity contribution < 1.29 is 9.59 Å². The number of aryl methyl sites for hydroxylation is 2. The Hall–Kier alpha value is -1.84. The van der Waals surface area contributed by atoms with Gasteiger partial charge in [-0.1, -0.05) is 42.7 Å². The SMILES string of the molecule is Cc1ccc(CCC(=O)NC2CCN(C(=O)C3CCCC3)CC2)cc1. The van der Waals surface area contributed by atoms with Crippen LogP contribution in [0.5, 0.6) is 0 Å². The Labute approximate surface area is 151 Å². The van der Waals surface area contributed by atoms with Crippen molar-refractivity contribution in [1.82, 2.24) is 10.2 Å². The van der Waals surface area contributed by atoms with Crippen molar-refractivity contribution >= 4 is 11.8 Å². The van der Waals surface area contributed by atoms with Gasteiger partial charge >= 0.3 is 0 Å². The van der Waals surface area contributed by atoms with Gasteiger partial charge in [0.05, 0.1) is 0 Å². The first kappa shape index (κ1) is 18.0. The maximum absolute atomic E-state index is 12.5. The molecule has 1 saturated carbocycles. The minimum atomic E-state index is 0.126. The van der Waals surface area contributed by atoms with Gasteiger partial charge in [-0.15, -0.1) is 0 Å². The molecule has 0 radical (unpaired) electrons. The Morgan fingerprint density at radius 1 is 1.04 bits per heavy atom. The van der Waals surface area contributed by atoms with Gasteiger partial charge in [0, 0.05) is 31.5 Å². The van der Waals surface area contributed by atoms with E-state index in [1.807, 2.05) is 4.90 Å². The van der Waals surface area contributed by atoms with Gasteiger partial charge < -0.3 is 10.2 Å². The third-order valence-corrected chi connectivity index (χ3v) is 5.64. The van der Waals surface area contributed by atoms with Crippen LogP contribution in [0.15, 0.2) is 24.3 Å². The number of carbonyl (C=O) groups excluding carboxylic acids is 2. The van der Waals surface area contributed by atoms with Gasteiger partial charge in [-0.3, -0.25) is 9.59 Å². The predicted molar refractivity (Wildman–Crippen MR) is 99.2 cm³/mol. The second-order valence-electron chi connectivity index (χ2n) is 7.63. The summed E-state index contributed by atoms with van der Waals surface area (Å²) < 4.78 is 0. The molecule has 2 amide bonds. The van der Waals surface area contributed by atoms with Gasteiger partial charge in [0.15, 0.2) is 0 Å². The highest BCUT2D eigenvalue weighted by atomic mass is 16.2. The lowest BCUT2D eigenvalue weighted by atomic mass is 10.0. The van der Waals surface area contributed by atoms with E-state index in [4.69, 9.17) is 0 Å². The summed E-state index contributed by atoms with van der Waals surface area (Å²) in [6.45, 7) is 3.65. The van der Waals surface area contributed by atoms with Crippen LogP contribution >= 0.6 is 0 Å². The van der Waals surface area contributed by atoms with Gasteiger partial charge in [-0.05, 0) is 44.6 Å². The molecule has 0 bridgehead atoms. The summed E-state index contributed by atoms with van der Waals surface area (Å²) in [7, 11) is 0. The van der Waals surface area contributed by atoms with E-state index in [1.165, 1.54) is 24.0 Å². The highest BCUT2D eigenvalue weighted by Crippen LogP contribution is 2.27. The number of hydrogen-bond donors (Lipinski definition) is 1. The van der Waals surface area contributed by atoms with Crippen LogP contribution in [0, 0.1) is 12.8 Å². The quantitative estimate of drug-likeness (QED) is 0.893. The zero-order valence-electron chi connectivity index (χ0n) is 15.3. The number of nitrogens with one attached hydrogen (secondary N) is 1. The molecule has 2 fully saturated rings. The van der Waals surface area contributed by atoms with E-state index in [1.54, 1.807) is 0 Å². The predicted octanol–water partition coefficient (Wildman–Crippen LogP) is 3.23. The van der Waals surface area contributed by atoms with E-state index in [2.05, 4.69) is 36.5 Å². The van der Waals surface area contributed by atoms with Crippen LogP contribution < -0.4 is 5.32 Å². The first-order valence-electron chi connectivity index (χ1n) is 9.75. The number of amides is 2. The summed E-state index contributed by atoms with van der Waals surface area (Å²) >= 11 is 0. The maximum atomic E-state index is 12.5. The van der Waals surface area contributed by atoms with E-state index < -0.39 is 0 Å². The lowest BCUT2D eigenvalue weighted by Crippen LogP contribution is -2.47. The zero-order chi connectivity index (χ0) is 17.6. The molecule has 0 unspecified atom stereocenters. The lowest BCUT2D eigenvalue weighted by Gasteiger charge is -2.34. The minimum Gasteiger partial charge on any atom is -0.353 e. The van der Waals surface area contributed by atoms with E-state index >= 15 is 0 Å².